The van der Waals surface area contributed by atoms with Crippen LogP contribution in [0.5, 0.6) is 5.75 Å². The van der Waals surface area contributed by atoms with E-state index in [1.165, 1.54) is 4.90 Å². The van der Waals surface area contributed by atoms with Crippen molar-refractivity contribution >= 4 is 40.1 Å². The summed E-state index contributed by atoms with van der Waals surface area (Å²) in [5, 5.41) is 14.8. The van der Waals surface area contributed by atoms with Gasteiger partial charge in [-0.15, -0.1) is 0 Å². The first-order chi connectivity index (χ1) is 18.0. The highest BCUT2D eigenvalue weighted by atomic mass is 32.2. The van der Waals surface area contributed by atoms with Gasteiger partial charge in [0.1, 0.15) is 11.0 Å². The number of carbonyl (C=O) groups excluding carboxylic acids is 2. The molecule has 3 aromatic carbocycles. The zero-order valence-corrected chi connectivity index (χ0v) is 21.4. The highest BCUT2D eigenvalue weighted by Gasteiger charge is 2.42. The van der Waals surface area contributed by atoms with E-state index in [2.05, 4.69) is 0 Å². The van der Waals surface area contributed by atoms with E-state index in [0.717, 1.165) is 35.0 Å². The summed E-state index contributed by atoms with van der Waals surface area (Å²) in [5.74, 6) is 0.113. The summed E-state index contributed by atoms with van der Waals surface area (Å²) >= 11 is 1.09. The lowest BCUT2D eigenvalue weighted by molar-refractivity contribution is -0.121. The Kier molecular flexibility index (Phi) is 7.37. The Labute approximate surface area is 220 Å². The summed E-state index contributed by atoms with van der Waals surface area (Å²) in [7, 11) is 0. The molecule has 37 heavy (non-hydrogen) atoms. The average Bonchev–Trinajstić information content (AvgIpc) is 3.50. The van der Waals surface area contributed by atoms with Gasteiger partial charge in [0.25, 0.3) is 0 Å². The van der Waals surface area contributed by atoms with E-state index in [9.17, 15) is 9.59 Å². The van der Waals surface area contributed by atoms with E-state index in [-0.39, 0.29) is 29.4 Å². The van der Waals surface area contributed by atoms with Crippen LogP contribution in [0.4, 0.5) is 5.69 Å². The lowest BCUT2D eigenvalue weighted by Gasteiger charge is -2.24. The van der Waals surface area contributed by atoms with E-state index in [4.69, 9.17) is 15.2 Å². The summed E-state index contributed by atoms with van der Waals surface area (Å²) in [6.45, 7) is 2.64. The maximum absolute atomic E-state index is 13.3. The smallest absolute Gasteiger partial charge is 0.247 e. The van der Waals surface area contributed by atoms with Gasteiger partial charge in [0.15, 0.2) is 5.17 Å². The first-order valence-electron chi connectivity index (χ1n) is 12.4. The fourth-order valence-corrected chi connectivity index (χ4v) is 5.48. The Hall–Kier alpha value is -3.91. The maximum atomic E-state index is 13.3. The van der Waals surface area contributed by atoms with E-state index in [0.29, 0.717) is 24.5 Å². The number of thioether (sulfide) groups is 1. The van der Waals surface area contributed by atoms with Gasteiger partial charge in [-0.25, -0.2) is 9.91 Å². The molecule has 0 unspecified atom stereocenters. The second-order valence-electron chi connectivity index (χ2n) is 8.91. The predicted molar refractivity (Wildman–Crippen MR) is 147 cm³/mol. The minimum Gasteiger partial charge on any atom is -0.494 e. The third-order valence-electron chi connectivity index (χ3n) is 6.34. The first-order valence-corrected chi connectivity index (χ1v) is 13.2. The highest BCUT2D eigenvalue weighted by Crippen LogP contribution is 2.37. The van der Waals surface area contributed by atoms with Crippen LogP contribution in [-0.4, -0.2) is 39.6 Å². The fraction of sp³-hybridized carbons (Fsp3) is 0.241. The van der Waals surface area contributed by atoms with Gasteiger partial charge < -0.3 is 4.74 Å². The standard InChI is InChI=1S/C29H28N4O3S/c1-2-17-36-23-15-13-22(14-16-23)32-27(34)19-26(28(32)35)37-29(30)33-25(21-11-7-4-8-12-21)18-24(31-33)20-9-5-3-6-10-20/h3-16,25-26,30H,2,17-19H2,1H3/t25-,26-/m1/s1. The summed E-state index contributed by atoms with van der Waals surface area (Å²) < 4.78 is 5.61. The summed E-state index contributed by atoms with van der Waals surface area (Å²) in [6, 6.07) is 26.7. The van der Waals surface area contributed by atoms with E-state index >= 15 is 0 Å². The number of hydrazone groups is 1. The molecular weight excluding hydrogens is 484 g/mol. The SMILES string of the molecule is CCCOc1ccc(N2C(=O)C[C@@H](SC(=N)N3N=C(c4ccccc4)C[C@@H]3c3ccccc3)C2=O)cc1. The molecule has 0 spiro atoms. The van der Waals surface area contributed by atoms with Crippen molar-refractivity contribution in [1.82, 2.24) is 5.01 Å². The van der Waals surface area contributed by atoms with Crippen molar-refractivity contribution in [3.05, 3.63) is 96.1 Å². The van der Waals surface area contributed by atoms with Gasteiger partial charge in [-0.2, -0.15) is 5.10 Å². The second-order valence-corrected chi connectivity index (χ2v) is 10.1. The zero-order valence-electron chi connectivity index (χ0n) is 20.5. The topological polar surface area (TPSA) is 86.1 Å². The third-order valence-corrected chi connectivity index (χ3v) is 7.40. The molecule has 7 nitrogen and oxygen atoms in total. The average molecular weight is 513 g/mol. The molecule has 5 rings (SSSR count). The minimum absolute atomic E-state index is 0.0407. The minimum atomic E-state index is -0.677. The molecule has 0 saturated carbocycles. The molecule has 188 valence electrons. The number of imide groups is 1. The summed E-state index contributed by atoms with van der Waals surface area (Å²) in [6.07, 6.45) is 1.58. The van der Waals surface area contributed by atoms with Gasteiger partial charge in [0, 0.05) is 12.8 Å². The maximum Gasteiger partial charge on any atom is 0.247 e. The first kappa shape index (κ1) is 24.8. The molecule has 0 bridgehead atoms. The number of rotatable bonds is 7. The summed E-state index contributed by atoms with van der Waals surface area (Å²) in [5.41, 5.74) is 3.46. The Bertz CT molecular complexity index is 1310. The second kappa shape index (κ2) is 11.0. The van der Waals surface area contributed by atoms with Crippen LogP contribution in [0, 0.1) is 5.41 Å². The van der Waals surface area contributed by atoms with Crippen molar-refractivity contribution in [2.24, 2.45) is 5.10 Å². The van der Waals surface area contributed by atoms with Crippen molar-refractivity contribution in [3.8, 4) is 5.75 Å². The van der Waals surface area contributed by atoms with Crippen molar-refractivity contribution in [2.45, 2.75) is 37.5 Å². The molecule has 2 atom stereocenters. The quantitative estimate of drug-likeness (QED) is 0.252. The van der Waals surface area contributed by atoms with Gasteiger partial charge in [-0.05, 0) is 41.8 Å². The van der Waals surface area contributed by atoms with Crippen LogP contribution in [0.25, 0.3) is 0 Å². The van der Waals surface area contributed by atoms with Crippen LogP contribution in [0.15, 0.2) is 90.0 Å². The summed E-state index contributed by atoms with van der Waals surface area (Å²) in [4.78, 5) is 27.3. The monoisotopic (exact) mass is 512 g/mol. The Balaban J connectivity index is 1.33. The van der Waals surface area contributed by atoms with Crippen molar-refractivity contribution in [2.75, 3.05) is 11.5 Å². The largest absolute Gasteiger partial charge is 0.494 e. The number of hydrogen-bond donors (Lipinski definition) is 1. The Morgan fingerprint density at radius 2 is 1.65 bits per heavy atom. The number of hydrogen-bond acceptors (Lipinski definition) is 6. The number of nitrogens with zero attached hydrogens (tertiary/aromatic N) is 3. The van der Waals surface area contributed by atoms with Gasteiger partial charge >= 0.3 is 0 Å². The van der Waals surface area contributed by atoms with Crippen molar-refractivity contribution < 1.29 is 14.3 Å². The molecular formula is C29H28N4O3S. The van der Waals surface area contributed by atoms with E-state index in [1.807, 2.05) is 67.6 Å². The van der Waals surface area contributed by atoms with Gasteiger partial charge in [0.2, 0.25) is 11.8 Å². The Morgan fingerprint density at radius 3 is 2.32 bits per heavy atom. The number of ether oxygens (including phenoxy) is 1. The predicted octanol–water partition coefficient (Wildman–Crippen LogP) is 5.63. The van der Waals surface area contributed by atoms with Crippen LogP contribution in [-0.2, 0) is 9.59 Å². The number of benzene rings is 3. The van der Waals surface area contributed by atoms with Crippen molar-refractivity contribution in [1.29, 1.82) is 5.41 Å². The van der Waals surface area contributed by atoms with Gasteiger partial charge in [-0.3, -0.25) is 15.0 Å². The molecule has 3 aromatic rings. The van der Waals surface area contributed by atoms with Crippen LogP contribution in [0.3, 0.4) is 0 Å². The molecule has 2 aliphatic heterocycles. The van der Waals surface area contributed by atoms with Gasteiger partial charge in [-0.1, -0.05) is 79.3 Å². The molecule has 2 heterocycles. The third kappa shape index (κ3) is 5.29. The number of anilines is 1. The van der Waals surface area contributed by atoms with Gasteiger partial charge in [0.05, 0.1) is 24.0 Å². The van der Waals surface area contributed by atoms with Crippen LogP contribution in [0.2, 0.25) is 0 Å². The molecule has 1 N–H and O–H groups in total. The highest BCUT2D eigenvalue weighted by molar-refractivity contribution is 8.14. The lowest BCUT2D eigenvalue weighted by Crippen LogP contribution is -2.32. The normalized spacial score (nSPS) is 19.3. The van der Waals surface area contributed by atoms with Crippen molar-refractivity contribution in [3.63, 3.8) is 0 Å². The van der Waals surface area contributed by atoms with Crippen LogP contribution in [0.1, 0.15) is 43.4 Å². The van der Waals surface area contributed by atoms with E-state index in [1.54, 1.807) is 29.3 Å². The Morgan fingerprint density at radius 1 is 0.973 bits per heavy atom. The lowest BCUT2D eigenvalue weighted by atomic mass is 9.99. The zero-order chi connectivity index (χ0) is 25.8. The number of amidine groups is 1. The molecule has 8 heteroatoms. The van der Waals surface area contributed by atoms with E-state index < -0.39 is 5.25 Å². The van der Waals surface area contributed by atoms with Crippen LogP contribution >= 0.6 is 11.8 Å². The molecule has 1 fully saturated rings. The fourth-order valence-electron chi connectivity index (χ4n) is 4.50. The van der Waals surface area contributed by atoms with Crippen LogP contribution < -0.4 is 9.64 Å². The molecule has 1 saturated heterocycles. The molecule has 0 aliphatic carbocycles. The molecule has 2 aliphatic rings. The molecule has 0 aromatic heterocycles. The number of carbonyl (C=O) groups is 2. The molecule has 0 radical (unpaired) electrons. The number of amides is 2. The molecule has 2 amide bonds. The number of nitrogens with one attached hydrogen (secondary N) is 1.